The van der Waals surface area contributed by atoms with Crippen LogP contribution in [0.3, 0.4) is 0 Å². The molecule has 2 aliphatic carbocycles. The topological polar surface area (TPSA) is 57.6 Å². The predicted molar refractivity (Wildman–Crippen MR) is 99.1 cm³/mol. The van der Waals surface area contributed by atoms with Crippen LogP contribution in [0.25, 0.3) is 0 Å². The molecule has 26 heavy (non-hydrogen) atoms. The van der Waals surface area contributed by atoms with Crippen molar-refractivity contribution < 1.29 is 14.7 Å². The molecular weight excluding hydrogens is 326 g/mol. The van der Waals surface area contributed by atoms with E-state index in [9.17, 15) is 14.7 Å². The van der Waals surface area contributed by atoms with Crippen LogP contribution in [0.4, 0.5) is 0 Å². The third-order valence-electron chi connectivity index (χ3n) is 5.52. The number of aryl methyl sites for hydroxylation is 2. The van der Waals surface area contributed by atoms with Gasteiger partial charge in [-0.3, -0.25) is 4.79 Å². The quantitative estimate of drug-likeness (QED) is 0.858. The van der Waals surface area contributed by atoms with Crippen molar-refractivity contribution in [3.05, 3.63) is 70.8 Å². The summed E-state index contributed by atoms with van der Waals surface area (Å²) in [5.41, 5.74) is 3.67. The van der Waals surface area contributed by atoms with E-state index in [1.165, 1.54) is 11.1 Å². The van der Waals surface area contributed by atoms with Gasteiger partial charge in [-0.25, -0.2) is 4.79 Å². The van der Waals surface area contributed by atoms with E-state index < -0.39 is 5.97 Å². The molecule has 1 N–H and O–H groups in total. The molecule has 4 rings (SSSR count). The number of hydrogen-bond donors (Lipinski definition) is 1. The molecule has 0 aromatic heterocycles. The van der Waals surface area contributed by atoms with Crippen LogP contribution in [0.5, 0.6) is 0 Å². The van der Waals surface area contributed by atoms with E-state index >= 15 is 0 Å². The molecule has 0 aliphatic heterocycles. The second kappa shape index (κ2) is 6.94. The smallest absolute Gasteiger partial charge is 0.335 e. The first-order valence-electron chi connectivity index (χ1n) is 9.35. The van der Waals surface area contributed by atoms with Gasteiger partial charge in [-0.15, -0.1) is 0 Å². The summed E-state index contributed by atoms with van der Waals surface area (Å²) in [7, 11) is 0. The van der Waals surface area contributed by atoms with Crippen LogP contribution >= 0.6 is 0 Å². The highest BCUT2D eigenvalue weighted by atomic mass is 16.4. The molecule has 134 valence electrons. The molecule has 1 atom stereocenters. The number of carbonyl (C=O) groups is 2. The number of nitrogens with zero attached hydrogens (tertiary/aromatic N) is 1. The average molecular weight is 349 g/mol. The summed E-state index contributed by atoms with van der Waals surface area (Å²) in [5.74, 6) is -0.786. The van der Waals surface area contributed by atoms with E-state index in [1.807, 2.05) is 12.1 Å². The number of benzene rings is 2. The Hall–Kier alpha value is -2.62. The van der Waals surface area contributed by atoms with Crippen molar-refractivity contribution in [3.63, 3.8) is 0 Å². The van der Waals surface area contributed by atoms with E-state index in [2.05, 4.69) is 29.2 Å². The highest BCUT2D eigenvalue weighted by Crippen LogP contribution is 2.42. The maximum absolute atomic E-state index is 13.1. The number of aromatic carboxylic acids is 1. The van der Waals surface area contributed by atoms with E-state index in [4.69, 9.17) is 0 Å². The van der Waals surface area contributed by atoms with E-state index in [0.717, 1.165) is 31.2 Å². The van der Waals surface area contributed by atoms with E-state index in [1.54, 1.807) is 12.1 Å². The summed E-state index contributed by atoms with van der Waals surface area (Å²) in [6.45, 7) is 0. The van der Waals surface area contributed by atoms with Gasteiger partial charge in [-0.2, -0.15) is 0 Å². The molecule has 0 heterocycles. The fraction of sp³-hybridized carbons (Fsp3) is 0.364. The third-order valence-corrected chi connectivity index (χ3v) is 5.52. The molecule has 0 saturated heterocycles. The number of carbonyl (C=O) groups excluding carboxylic acids is 1. The van der Waals surface area contributed by atoms with Gasteiger partial charge >= 0.3 is 5.97 Å². The molecule has 2 aromatic carbocycles. The Balaban J connectivity index is 1.51. The lowest BCUT2D eigenvalue weighted by Gasteiger charge is -2.30. The molecule has 1 fully saturated rings. The lowest BCUT2D eigenvalue weighted by molar-refractivity contribution is -0.134. The van der Waals surface area contributed by atoms with Crippen molar-refractivity contribution in [3.8, 4) is 0 Å². The van der Waals surface area contributed by atoms with Crippen LogP contribution in [0.1, 0.15) is 58.8 Å². The Bertz CT molecular complexity index is 841. The minimum Gasteiger partial charge on any atom is -0.478 e. The minimum absolute atomic E-state index is 0.148. The van der Waals surface area contributed by atoms with Gasteiger partial charge in [0.05, 0.1) is 11.6 Å². The van der Waals surface area contributed by atoms with Crippen molar-refractivity contribution in [2.24, 2.45) is 0 Å². The summed E-state index contributed by atoms with van der Waals surface area (Å²) in [6, 6.07) is 15.9. The Labute approximate surface area is 153 Å². The normalized spacial score (nSPS) is 18.4. The van der Waals surface area contributed by atoms with Gasteiger partial charge in [0.1, 0.15) is 0 Å². The second-order valence-corrected chi connectivity index (χ2v) is 7.25. The molecule has 1 unspecified atom stereocenters. The van der Waals surface area contributed by atoms with Gasteiger partial charge in [0.2, 0.25) is 5.91 Å². The van der Waals surface area contributed by atoms with Crippen molar-refractivity contribution in [2.45, 2.75) is 50.6 Å². The van der Waals surface area contributed by atoms with Crippen molar-refractivity contribution in [1.82, 2.24) is 4.90 Å². The molecule has 2 aliphatic rings. The molecule has 0 bridgehead atoms. The number of fused-ring (bicyclic) bond motifs is 1. The highest BCUT2D eigenvalue weighted by Gasteiger charge is 2.39. The number of carboxylic acid groups (broad SMARTS) is 1. The standard InChI is InChI=1S/C22H23NO3/c24-21(14-10-16-6-2-4-8-19(16)22(25)26)23(17-11-12-17)20-13-9-15-5-1-3-7-18(15)20/h1-8,17,20H,9-14H2,(H,25,26). The first-order chi connectivity index (χ1) is 12.6. The van der Waals surface area contributed by atoms with Gasteiger partial charge in [-0.05, 0) is 54.9 Å². The van der Waals surface area contributed by atoms with Crippen molar-refractivity contribution in [2.75, 3.05) is 0 Å². The summed E-state index contributed by atoms with van der Waals surface area (Å²) in [5, 5.41) is 9.32. The first-order valence-corrected chi connectivity index (χ1v) is 9.35. The lowest BCUT2D eigenvalue weighted by atomic mass is 10.0. The Morgan fingerprint density at radius 3 is 2.50 bits per heavy atom. The number of rotatable bonds is 6. The zero-order valence-corrected chi connectivity index (χ0v) is 14.7. The van der Waals surface area contributed by atoms with Gasteiger partial charge in [0, 0.05) is 12.5 Å². The fourth-order valence-corrected chi connectivity index (χ4v) is 4.13. The Morgan fingerprint density at radius 2 is 1.73 bits per heavy atom. The van der Waals surface area contributed by atoms with Crippen LogP contribution < -0.4 is 0 Å². The maximum atomic E-state index is 13.1. The zero-order valence-electron chi connectivity index (χ0n) is 14.7. The van der Waals surface area contributed by atoms with Gasteiger partial charge in [0.15, 0.2) is 0 Å². The van der Waals surface area contributed by atoms with Crippen molar-refractivity contribution >= 4 is 11.9 Å². The summed E-state index contributed by atoms with van der Waals surface area (Å²) >= 11 is 0. The second-order valence-electron chi connectivity index (χ2n) is 7.25. The molecule has 4 heteroatoms. The molecule has 0 radical (unpaired) electrons. The summed E-state index contributed by atoms with van der Waals surface area (Å²) in [4.78, 5) is 26.5. The molecule has 2 aromatic rings. The molecule has 1 amide bonds. The van der Waals surface area contributed by atoms with Gasteiger partial charge in [-0.1, -0.05) is 42.5 Å². The SMILES string of the molecule is O=C(O)c1ccccc1CCC(=O)N(C1CC1)C1CCc2ccccc21. The number of amides is 1. The van der Waals surface area contributed by atoms with Gasteiger partial charge < -0.3 is 10.0 Å². The zero-order chi connectivity index (χ0) is 18.1. The molecule has 0 spiro atoms. The van der Waals surface area contributed by atoms with Gasteiger partial charge in [0.25, 0.3) is 0 Å². The summed E-state index contributed by atoms with van der Waals surface area (Å²) < 4.78 is 0. The molecule has 4 nitrogen and oxygen atoms in total. The number of carboxylic acids is 1. The Kier molecular flexibility index (Phi) is 4.49. The van der Waals surface area contributed by atoms with Crippen molar-refractivity contribution in [1.29, 1.82) is 0 Å². The van der Waals surface area contributed by atoms with E-state index in [0.29, 0.717) is 24.4 Å². The highest BCUT2D eigenvalue weighted by molar-refractivity contribution is 5.89. The first kappa shape index (κ1) is 16.8. The predicted octanol–water partition coefficient (Wildman–Crippen LogP) is 4.00. The lowest BCUT2D eigenvalue weighted by Crippen LogP contribution is -2.36. The van der Waals surface area contributed by atoms with Crippen LogP contribution in [0.2, 0.25) is 0 Å². The molecular formula is C22H23NO3. The Morgan fingerprint density at radius 1 is 1.00 bits per heavy atom. The largest absolute Gasteiger partial charge is 0.478 e. The van der Waals surface area contributed by atoms with Crippen LogP contribution in [0.15, 0.2) is 48.5 Å². The number of hydrogen-bond acceptors (Lipinski definition) is 2. The maximum Gasteiger partial charge on any atom is 0.335 e. The molecule has 1 saturated carbocycles. The minimum atomic E-state index is -0.934. The summed E-state index contributed by atoms with van der Waals surface area (Å²) in [6.07, 6.45) is 5.01. The third kappa shape index (κ3) is 3.24. The average Bonchev–Trinajstić information content (AvgIpc) is 3.40. The van der Waals surface area contributed by atoms with E-state index in [-0.39, 0.29) is 11.9 Å². The fourth-order valence-electron chi connectivity index (χ4n) is 4.13. The van der Waals surface area contributed by atoms with Crippen LogP contribution in [-0.4, -0.2) is 27.9 Å². The monoisotopic (exact) mass is 349 g/mol. The van der Waals surface area contributed by atoms with Crippen LogP contribution in [0, 0.1) is 0 Å². The van der Waals surface area contributed by atoms with Crippen LogP contribution in [-0.2, 0) is 17.6 Å².